The fourth-order valence-corrected chi connectivity index (χ4v) is 4.59. The molecule has 0 bridgehead atoms. The van der Waals surface area contributed by atoms with Crippen LogP contribution in [0.25, 0.3) is 0 Å². The van der Waals surface area contributed by atoms with Crippen LogP contribution in [0, 0.1) is 0 Å². The second kappa shape index (κ2) is 8.90. The highest BCUT2D eigenvalue weighted by atomic mass is 31.3. The number of rotatable bonds is 9. The molecule has 0 spiro atoms. The van der Waals surface area contributed by atoms with E-state index in [4.69, 9.17) is 20.3 Å². The van der Waals surface area contributed by atoms with Gasteiger partial charge in [0.25, 0.3) is 0 Å². The zero-order chi connectivity index (χ0) is 22.0. The fourth-order valence-electron chi connectivity index (χ4n) is 2.99. The van der Waals surface area contributed by atoms with Crippen LogP contribution in [0.2, 0.25) is 0 Å². The van der Waals surface area contributed by atoms with Gasteiger partial charge in [0.1, 0.15) is 24.1 Å². The van der Waals surface area contributed by atoms with Crippen molar-refractivity contribution in [3.63, 3.8) is 0 Å². The molecule has 2 rings (SSSR count). The number of phosphoric acid groups is 2. The first-order valence-electron chi connectivity index (χ1n) is 8.45. The number of aliphatic hydroxyl groups is 2. The molecular formula is C13H23N3O11P2. The summed E-state index contributed by atoms with van der Waals surface area (Å²) in [6.07, 6.45) is -2.36. The minimum absolute atomic E-state index is 0.0689. The molecule has 0 radical (unpaired) electrons. The van der Waals surface area contributed by atoms with Gasteiger partial charge in [-0.2, -0.15) is 9.29 Å². The van der Waals surface area contributed by atoms with E-state index in [2.05, 4.69) is 13.8 Å². The summed E-state index contributed by atoms with van der Waals surface area (Å²) < 4.78 is 37.1. The highest BCUT2D eigenvalue weighted by molar-refractivity contribution is 7.60. The van der Waals surface area contributed by atoms with Gasteiger partial charge in [-0.05, 0) is 18.9 Å². The lowest BCUT2D eigenvalue weighted by Crippen LogP contribution is -2.50. The molecule has 5 atom stereocenters. The van der Waals surface area contributed by atoms with Crippen molar-refractivity contribution < 1.29 is 47.6 Å². The first kappa shape index (κ1) is 24.1. The van der Waals surface area contributed by atoms with Crippen molar-refractivity contribution in [1.29, 1.82) is 0 Å². The number of anilines is 1. The Balaban J connectivity index is 2.30. The molecule has 1 aliphatic heterocycles. The zero-order valence-corrected chi connectivity index (χ0v) is 17.1. The summed E-state index contributed by atoms with van der Waals surface area (Å²) in [6, 6.07) is 1.29. The van der Waals surface area contributed by atoms with Crippen LogP contribution < -0.4 is 11.4 Å². The summed E-state index contributed by atoms with van der Waals surface area (Å²) in [4.78, 5) is 42.5. The highest BCUT2D eigenvalue weighted by Crippen LogP contribution is 2.57. The minimum Gasteiger partial charge on any atom is -0.387 e. The van der Waals surface area contributed by atoms with Crippen molar-refractivity contribution in [2.45, 2.75) is 50.2 Å². The van der Waals surface area contributed by atoms with Gasteiger partial charge in [-0.25, -0.2) is 13.9 Å². The Kier molecular flexibility index (Phi) is 7.39. The predicted octanol–water partition coefficient (Wildman–Crippen LogP) is -0.985. The predicted molar refractivity (Wildman–Crippen MR) is 96.2 cm³/mol. The maximum absolute atomic E-state index is 12.3. The molecule has 1 unspecified atom stereocenters. The molecule has 29 heavy (non-hydrogen) atoms. The number of nitrogens with two attached hydrogens (primary N) is 1. The number of hydrogen-bond donors (Lipinski definition) is 6. The Hall–Kier alpha value is -1.18. The Morgan fingerprint density at radius 3 is 2.55 bits per heavy atom. The Labute approximate surface area is 164 Å². The number of ether oxygens (including phenoxy) is 1. The lowest BCUT2D eigenvalue weighted by molar-refractivity contribution is -0.155. The smallest absolute Gasteiger partial charge is 0.387 e. The molecule has 1 fully saturated rings. The summed E-state index contributed by atoms with van der Waals surface area (Å²) in [5.41, 5.74) is 2.84. The van der Waals surface area contributed by atoms with E-state index in [9.17, 15) is 29.0 Å². The number of aliphatic hydroxyl groups excluding tert-OH is 2. The third-order valence-electron chi connectivity index (χ3n) is 4.26. The molecule has 0 saturated carbocycles. The maximum Gasteiger partial charge on any atom is 0.481 e. The number of hydrogen-bond acceptors (Lipinski definition) is 10. The summed E-state index contributed by atoms with van der Waals surface area (Å²) >= 11 is 0. The molecule has 1 saturated heterocycles. The van der Waals surface area contributed by atoms with Crippen molar-refractivity contribution in [1.82, 2.24) is 9.55 Å². The SMILES string of the molecule is CCCC[C@@]1(n2ccc(N)nc2=O)O[C@H](COP(=O)(O)OP(=O)(O)O)[C@@H](O)[C@H]1O. The van der Waals surface area contributed by atoms with E-state index in [0.29, 0.717) is 12.8 Å². The topological polar surface area (TPSA) is 224 Å². The number of nitrogens with zero attached hydrogens (tertiary/aromatic N) is 2. The zero-order valence-electron chi connectivity index (χ0n) is 15.3. The van der Waals surface area contributed by atoms with Gasteiger partial charge in [-0.3, -0.25) is 9.09 Å². The van der Waals surface area contributed by atoms with Gasteiger partial charge in [0.05, 0.1) is 6.61 Å². The van der Waals surface area contributed by atoms with Crippen molar-refractivity contribution in [3.05, 3.63) is 22.7 Å². The second-order valence-electron chi connectivity index (χ2n) is 6.38. The van der Waals surface area contributed by atoms with Crippen LogP contribution in [0.4, 0.5) is 5.82 Å². The Morgan fingerprint density at radius 2 is 2.00 bits per heavy atom. The lowest BCUT2D eigenvalue weighted by Gasteiger charge is -2.33. The molecule has 166 valence electrons. The van der Waals surface area contributed by atoms with E-state index in [-0.39, 0.29) is 12.2 Å². The molecular weight excluding hydrogens is 436 g/mol. The molecule has 14 nitrogen and oxygen atoms in total. The number of unbranched alkanes of at least 4 members (excludes halogenated alkanes) is 1. The highest BCUT2D eigenvalue weighted by Gasteiger charge is 2.56. The lowest BCUT2D eigenvalue weighted by atomic mass is 9.96. The molecule has 0 aromatic carbocycles. The van der Waals surface area contributed by atoms with Crippen LogP contribution in [-0.2, 0) is 28.4 Å². The summed E-state index contributed by atoms with van der Waals surface area (Å²) in [6.45, 7) is 0.967. The number of aromatic nitrogens is 2. The van der Waals surface area contributed by atoms with Crippen LogP contribution in [0.15, 0.2) is 17.1 Å². The first-order chi connectivity index (χ1) is 13.3. The van der Waals surface area contributed by atoms with Crippen LogP contribution in [0.3, 0.4) is 0 Å². The van der Waals surface area contributed by atoms with E-state index in [0.717, 1.165) is 4.57 Å². The maximum atomic E-state index is 12.3. The van der Waals surface area contributed by atoms with Gasteiger partial charge in [0.15, 0.2) is 5.72 Å². The third-order valence-corrected chi connectivity index (χ3v) is 6.41. The van der Waals surface area contributed by atoms with Gasteiger partial charge in [-0.1, -0.05) is 13.3 Å². The van der Waals surface area contributed by atoms with E-state index in [1.165, 1.54) is 12.3 Å². The Morgan fingerprint density at radius 1 is 1.34 bits per heavy atom. The average molecular weight is 459 g/mol. The molecule has 0 amide bonds. The Bertz CT molecular complexity index is 874. The molecule has 1 aliphatic rings. The molecule has 7 N–H and O–H groups in total. The molecule has 2 heterocycles. The third kappa shape index (κ3) is 5.70. The molecule has 1 aromatic rings. The molecule has 1 aromatic heterocycles. The van der Waals surface area contributed by atoms with E-state index in [1.807, 2.05) is 6.92 Å². The van der Waals surface area contributed by atoms with Crippen LogP contribution in [0.5, 0.6) is 0 Å². The van der Waals surface area contributed by atoms with Gasteiger partial charge in [0.2, 0.25) is 0 Å². The quantitative estimate of drug-likeness (QED) is 0.244. The normalized spacial score (nSPS) is 29.7. The average Bonchev–Trinajstić information content (AvgIpc) is 2.82. The van der Waals surface area contributed by atoms with Crippen LogP contribution in [-0.4, -0.2) is 59.4 Å². The summed E-state index contributed by atoms with van der Waals surface area (Å²) in [5, 5.41) is 21.0. The number of phosphoric ester groups is 1. The van der Waals surface area contributed by atoms with Crippen molar-refractivity contribution in [2.24, 2.45) is 0 Å². The van der Waals surface area contributed by atoms with Gasteiger partial charge >= 0.3 is 21.3 Å². The standard InChI is InChI=1S/C13H23N3O11P2/c1-2-3-5-13(16-6-4-9(14)15-12(16)19)11(18)10(17)8(26-13)7-25-29(23,24)27-28(20,21)22/h4,6,8,10-11,17-18H,2-3,5,7H2,1H3,(H,23,24)(H2,14,15,19)(H2,20,21,22)/t8-,10-,11-,13-/m1/s1. The van der Waals surface area contributed by atoms with Crippen LogP contribution in [0.1, 0.15) is 26.2 Å². The van der Waals surface area contributed by atoms with Gasteiger partial charge in [-0.15, -0.1) is 0 Å². The van der Waals surface area contributed by atoms with Gasteiger partial charge in [0, 0.05) is 6.20 Å². The number of nitrogen functional groups attached to an aromatic ring is 1. The van der Waals surface area contributed by atoms with Gasteiger partial charge < -0.3 is 35.4 Å². The molecule has 0 aliphatic carbocycles. The van der Waals surface area contributed by atoms with E-state index >= 15 is 0 Å². The first-order valence-corrected chi connectivity index (χ1v) is 11.5. The van der Waals surface area contributed by atoms with Crippen LogP contribution >= 0.6 is 15.6 Å². The molecule has 16 heteroatoms. The fraction of sp³-hybridized carbons (Fsp3) is 0.692. The van der Waals surface area contributed by atoms with Crippen molar-refractivity contribution >= 4 is 21.5 Å². The minimum atomic E-state index is -5.33. The van der Waals surface area contributed by atoms with E-state index < -0.39 is 52.0 Å². The summed E-state index contributed by atoms with van der Waals surface area (Å²) in [7, 11) is -10.5. The van der Waals surface area contributed by atoms with Crippen molar-refractivity contribution in [2.75, 3.05) is 12.3 Å². The summed E-state index contributed by atoms with van der Waals surface area (Å²) in [5.74, 6) is -0.0689. The second-order valence-corrected chi connectivity index (χ2v) is 9.21. The largest absolute Gasteiger partial charge is 0.481 e. The van der Waals surface area contributed by atoms with E-state index in [1.54, 1.807) is 0 Å². The monoisotopic (exact) mass is 459 g/mol. The van der Waals surface area contributed by atoms with Crippen molar-refractivity contribution in [3.8, 4) is 0 Å².